The van der Waals surface area contributed by atoms with Gasteiger partial charge in [-0.1, -0.05) is 17.7 Å². The number of rotatable bonds is 2. The van der Waals surface area contributed by atoms with E-state index in [1.165, 1.54) is 0 Å². The van der Waals surface area contributed by atoms with Crippen molar-refractivity contribution in [1.82, 2.24) is 9.55 Å². The Bertz CT molecular complexity index is 790. The largest absolute Gasteiger partial charge is 0.327 e. The van der Waals surface area contributed by atoms with Gasteiger partial charge in [-0.05, 0) is 48.4 Å². The first kappa shape index (κ1) is 13.2. The van der Waals surface area contributed by atoms with Gasteiger partial charge in [0.1, 0.15) is 5.82 Å². The van der Waals surface area contributed by atoms with E-state index in [1.54, 1.807) is 0 Å². The third-order valence-electron chi connectivity index (χ3n) is 3.61. The van der Waals surface area contributed by atoms with Gasteiger partial charge >= 0.3 is 0 Å². The summed E-state index contributed by atoms with van der Waals surface area (Å²) in [6, 6.07) is 12.0. The van der Waals surface area contributed by atoms with Crippen LogP contribution in [0.5, 0.6) is 0 Å². The van der Waals surface area contributed by atoms with Gasteiger partial charge in [-0.3, -0.25) is 0 Å². The number of aromatic nitrogens is 2. The minimum atomic E-state index is 0.538. The van der Waals surface area contributed by atoms with Crippen LogP contribution in [0.15, 0.2) is 36.4 Å². The van der Waals surface area contributed by atoms with Gasteiger partial charge < -0.3 is 10.3 Å². The van der Waals surface area contributed by atoms with Crippen molar-refractivity contribution in [1.29, 1.82) is 0 Å². The fourth-order valence-corrected chi connectivity index (χ4v) is 2.71. The topological polar surface area (TPSA) is 43.8 Å². The van der Waals surface area contributed by atoms with Crippen molar-refractivity contribution in [3.63, 3.8) is 0 Å². The second-order valence-electron chi connectivity index (χ2n) is 4.98. The number of nitrogens with two attached hydrogens (primary N) is 1. The predicted octanol–water partition coefficient (Wildman–Crippen LogP) is 3.66. The van der Waals surface area contributed by atoms with Crippen LogP contribution in [0.25, 0.3) is 22.4 Å². The monoisotopic (exact) mass is 285 g/mol. The Labute approximate surface area is 123 Å². The van der Waals surface area contributed by atoms with Crippen molar-refractivity contribution in [2.75, 3.05) is 0 Å². The lowest BCUT2D eigenvalue weighted by atomic mass is 10.1. The molecule has 2 aromatic carbocycles. The Balaban J connectivity index is 2.24. The number of fused-ring (bicyclic) bond motifs is 1. The summed E-state index contributed by atoms with van der Waals surface area (Å²) in [5, 5.41) is 0.746. The van der Waals surface area contributed by atoms with Crippen molar-refractivity contribution < 1.29 is 0 Å². The number of halogens is 1. The zero-order valence-electron chi connectivity index (χ0n) is 11.5. The van der Waals surface area contributed by atoms with Crippen LogP contribution >= 0.6 is 11.6 Å². The maximum absolute atomic E-state index is 6.02. The minimum absolute atomic E-state index is 0.538. The third kappa shape index (κ3) is 2.09. The molecule has 0 unspecified atom stereocenters. The summed E-state index contributed by atoms with van der Waals surface area (Å²) >= 11 is 6.02. The molecule has 0 aliphatic heterocycles. The van der Waals surface area contributed by atoms with E-state index in [-0.39, 0.29) is 0 Å². The zero-order valence-corrected chi connectivity index (χ0v) is 12.3. The fraction of sp³-hybridized carbons (Fsp3) is 0.188. The second kappa shape index (κ2) is 4.93. The molecule has 0 atom stereocenters. The van der Waals surface area contributed by atoms with Crippen molar-refractivity contribution in [3.8, 4) is 11.4 Å². The van der Waals surface area contributed by atoms with E-state index in [0.29, 0.717) is 6.54 Å². The van der Waals surface area contributed by atoms with Crippen molar-refractivity contribution in [2.45, 2.75) is 13.5 Å². The molecule has 102 valence electrons. The molecule has 0 aliphatic carbocycles. The van der Waals surface area contributed by atoms with E-state index in [4.69, 9.17) is 22.3 Å². The van der Waals surface area contributed by atoms with E-state index in [0.717, 1.165) is 38.6 Å². The van der Waals surface area contributed by atoms with Gasteiger partial charge in [0, 0.05) is 24.2 Å². The number of hydrogen-bond acceptors (Lipinski definition) is 2. The maximum Gasteiger partial charge on any atom is 0.141 e. The van der Waals surface area contributed by atoms with Gasteiger partial charge in [0.25, 0.3) is 0 Å². The van der Waals surface area contributed by atoms with Crippen LogP contribution in [-0.2, 0) is 13.6 Å². The molecule has 1 aromatic heterocycles. The standard InChI is InChI=1S/C16H16ClN3/c1-10-7-12(17)4-5-13(10)16-19-14-6-3-11(9-18)8-15(14)20(16)2/h3-8H,9,18H2,1-2H3. The van der Waals surface area contributed by atoms with E-state index in [9.17, 15) is 0 Å². The first-order chi connectivity index (χ1) is 9.60. The van der Waals surface area contributed by atoms with Crippen LogP contribution < -0.4 is 5.73 Å². The summed E-state index contributed by atoms with van der Waals surface area (Å²) in [6.07, 6.45) is 0. The average molecular weight is 286 g/mol. The zero-order chi connectivity index (χ0) is 14.3. The molecule has 0 aliphatic rings. The van der Waals surface area contributed by atoms with Gasteiger partial charge in [-0.15, -0.1) is 0 Å². The summed E-state index contributed by atoms with van der Waals surface area (Å²) < 4.78 is 2.10. The molecule has 0 spiro atoms. The van der Waals surface area contributed by atoms with Gasteiger partial charge in [0.2, 0.25) is 0 Å². The Morgan fingerprint density at radius 2 is 2.00 bits per heavy atom. The van der Waals surface area contributed by atoms with Crippen LogP contribution in [0.3, 0.4) is 0 Å². The quantitative estimate of drug-likeness (QED) is 0.781. The molecule has 0 bridgehead atoms. The number of imidazole rings is 1. The van der Waals surface area contributed by atoms with Crippen LogP contribution in [0.2, 0.25) is 5.02 Å². The molecule has 3 aromatic rings. The molecule has 3 rings (SSSR count). The fourth-order valence-electron chi connectivity index (χ4n) is 2.48. The van der Waals surface area contributed by atoms with E-state index in [2.05, 4.69) is 10.6 Å². The number of nitrogens with zero attached hydrogens (tertiary/aromatic N) is 2. The van der Waals surface area contributed by atoms with Gasteiger partial charge in [-0.2, -0.15) is 0 Å². The first-order valence-electron chi connectivity index (χ1n) is 6.52. The maximum atomic E-state index is 6.02. The molecular weight excluding hydrogens is 270 g/mol. The van der Waals surface area contributed by atoms with Crippen molar-refractivity contribution in [3.05, 3.63) is 52.5 Å². The second-order valence-corrected chi connectivity index (χ2v) is 5.42. The lowest BCUT2D eigenvalue weighted by molar-refractivity contribution is 0.954. The number of hydrogen-bond donors (Lipinski definition) is 1. The lowest BCUT2D eigenvalue weighted by Crippen LogP contribution is -1.97. The Morgan fingerprint density at radius 1 is 1.20 bits per heavy atom. The smallest absolute Gasteiger partial charge is 0.141 e. The Kier molecular flexibility index (Phi) is 3.24. The first-order valence-corrected chi connectivity index (χ1v) is 6.90. The number of benzene rings is 2. The highest BCUT2D eigenvalue weighted by molar-refractivity contribution is 6.30. The highest BCUT2D eigenvalue weighted by Crippen LogP contribution is 2.28. The Hall–Kier alpha value is -1.84. The minimum Gasteiger partial charge on any atom is -0.327 e. The SMILES string of the molecule is Cc1cc(Cl)ccc1-c1nc2ccc(CN)cc2n1C. The highest BCUT2D eigenvalue weighted by Gasteiger charge is 2.12. The molecule has 0 amide bonds. The lowest BCUT2D eigenvalue weighted by Gasteiger charge is -2.06. The van der Waals surface area contributed by atoms with Gasteiger partial charge in [-0.25, -0.2) is 4.98 Å². The summed E-state index contributed by atoms with van der Waals surface area (Å²) in [5.41, 5.74) is 11.1. The molecule has 20 heavy (non-hydrogen) atoms. The molecule has 0 fully saturated rings. The summed E-state index contributed by atoms with van der Waals surface area (Å²) in [4.78, 5) is 4.73. The van der Waals surface area contributed by atoms with Gasteiger partial charge in [0.05, 0.1) is 11.0 Å². The van der Waals surface area contributed by atoms with E-state index < -0.39 is 0 Å². The van der Waals surface area contributed by atoms with Crippen molar-refractivity contribution >= 4 is 22.6 Å². The predicted molar refractivity (Wildman–Crippen MR) is 83.8 cm³/mol. The highest BCUT2D eigenvalue weighted by atomic mass is 35.5. The van der Waals surface area contributed by atoms with Crippen LogP contribution in [-0.4, -0.2) is 9.55 Å². The normalized spacial score (nSPS) is 11.2. The molecule has 0 saturated carbocycles. The van der Waals surface area contributed by atoms with Crippen LogP contribution in [0.1, 0.15) is 11.1 Å². The number of aryl methyl sites for hydroxylation is 2. The third-order valence-corrected chi connectivity index (χ3v) is 3.85. The van der Waals surface area contributed by atoms with Gasteiger partial charge in [0.15, 0.2) is 0 Å². The summed E-state index contributed by atoms with van der Waals surface area (Å²) in [5.74, 6) is 0.948. The van der Waals surface area contributed by atoms with Crippen molar-refractivity contribution in [2.24, 2.45) is 12.8 Å². The Morgan fingerprint density at radius 3 is 2.70 bits per heavy atom. The van der Waals surface area contributed by atoms with E-state index in [1.807, 2.05) is 44.3 Å². The molecular formula is C16H16ClN3. The summed E-state index contributed by atoms with van der Waals surface area (Å²) in [7, 11) is 2.03. The molecule has 4 heteroatoms. The van der Waals surface area contributed by atoms with Crippen LogP contribution in [0, 0.1) is 6.92 Å². The molecule has 0 saturated heterocycles. The van der Waals surface area contributed by atoms with Crippen LogP contribution in [0.4, 0.5) is 0 Å². The summed E-state index contributed by atoms with van der Waals surface area (Å²) in [6.45, 7) is 2.59. The molecule has 3 nitrogen and oxygen atoms in total. The molecule has 2 N–H and O–H groups in total. The van der Waals surface area contributed by atoms with E-state index >= 15 is 0 Å². The molecule has 0 radical (unpaired) electrons. The average Bonchev–Trinajstić information content (AvgIpc) is 2.76. The molecule has 1 heterocycles.